The van der Waals surface area contributed by atoms with Crippen LogP contribution in [0.3, 0.4) is 0 Å². The second kappa shape index (κ2) is 9.33. The predicted octanol–water partition coefficient (Wildman–Crippen LogP) is 1.83. The highest BCUT2D eigenvalue weighted by Gasteiger charge is 2.11. The number of rotatable bonds is 8. The van der Waals surface area contributed by atoms with Crippen molar-refractivity contribution in [3.8, 4) is 11.1 Å². The van der Waals surface area contributed by atoms with Gasteiger partial charge in [-0.3, -0.25) is 9.80 Å². The van der Waals surface area contributed by atoms with Crippen molar-refractivity contribution in [3.05, 3.63) is 78.5 Å². The number of hydrogen-bond acceptors (Lipinski definition) is 7. The Balaban J connectivity index is 1.42. The Morgan fingerprint density at radius 2 is 1.94 bits per heavy atom. The zero-order valence-corrected chi connectivity index (χ0v) is 17.2. The Hall–Kier alpha value is -3.82. The average Bonchev–Trinajstić information content (AvgIpc) is 3.29. The predicted molar refractivity (Wildman–Crippen MR) is 119 cm³/mol. The first-order chi connectivity index (χ1) is 15.2. The van der Waals surface area contributed by atoms with Gasteiger partial charge in [0, 0.05) is 50.1 Å². The molecule has 3 heterocycles. The van der Waals surface area contributed by atoms with E-state index in [1.807, 2.05) is 53.2 Å². The minimum Gasteiger partial charge on any atom is -0.350 e. The number of hydrazine groups is 1. The largest absolute Gasteiger partial charge is 0.350 e. The van der Waals surface area contributed by atoms with Crippen LogP contribution in [0.25, 0.3) is 16.8 Å². The van der Waals surface area contributed by atoms with E-state index in [2.05, 4.69) is 25.7 Å². The van der Waals surface area contributed by atoms with E-state index in [0.29, 0.717) is 19.0 Å². The number of pyridine rings is 1. The summed E-state index contributed by atoms with van der Waals surface area (Å²) in [6.45, 7) is 0.985. The van der Waals surface area contributed by atoms with Crippen LogP contribution in [0.1, 0.15) is 11.1 Å². The average molecular weight is 416 g/mol. The summed E-state index contributed by atoms with van der Waals surface area (Å²) in [5, 5.41) is 4.73. The molecule has 1 amide bonds. The second-order valence-corrected chi connectivity index (χ2v) is 6.99. The van der Waals surface area contributed by atoms with Crippen LogP contribution in [0.4, 0.5) is 5.95 Å². The van der Waals surface area contributed by atoms with E-state index in [-0.39, 0.29) is 12.5 Å². The zero-order valence-electron chi connectivity index (χ0n) is 17.2. The van der Waals surface area contributed by atoms with Crippen molar-refractivity contribution < 1.29 is 4.79 Å². The van der Waals surface area contributed by atoms with Gasteiger partial charge in [0.05, 0.1) is 13.1 Å². The number of amides is 1. The molecule has 0 fully saturated rings. The van der Waals surface area contributed by atoms with Gasteiger partial charge in [-0.15, -0.1) is 0 Å². The summed E-state index contributed by atoms with van der Waals surface area (Å²) >= 11 is 0. The summed E-state index contributed by atoms with van der Waals surface area (Å²) in [6.07, 6.45) is 9.29. The Morgan fingerprint density at radius 1 is 1.10 bits per heavy atom. The van der Waals surface area contributed by atoms with Crippen LogP contribution < -0.4 is 16.5 Å². The van der Waals surface area contributed by atoms with Crippen molar-refractivity contribution >= 4 is 17.5 Å². The van der Waals surface area contributed by atoms with Crippen LogP contribution in [-0.2, 0) is 17.9 Å². The Kier molecular flexibility index (Phi) is 6.16. The summed E-state index contributed by atoms with van der Waals surface area (Å²) in [5.74, 6) is 0.388. The van der Waals surface area contributed by atoms with Gasteiger partial charge in [-0.1, -0.05) is 24.3 Å². The van der Waals surface area contributed by atoms with Gasteiger partial charge in [-0.05, 0) is 28.8 Å². The minimum absolute atomic E-state index is 0.0426. The number of imidazole rings is 1. The summed E-state index contributed by atoms with van der Waals surface area (Å²) in [6, 6.07) is 11.9. The standard InChI is InChI=1S/C22H24N8O/c1-24-30(21(31)10-23)15-16-3-2-4-18(9-16)19-12-27-22(28-13-19)26-11-17-5-6-20-25-7-8-29(20)14-17/h2-9,12-14,24H,10-11,15,23H2,1H3,(H,26,27,28). The Labute approximate surface area is 179 Å². The molecule has 0 aliphatic rings. The molecule has 9 nitrogen and oxygen atoms in total. The molecular formula is C22H24N8O. The zero-order chi connectivity index (χ0) is 21.6. The van der Waals surface area contributed by atoms with Crippen molar-refractivity contribution in [3.63, 3.8) is 0 Å². The van der Waals surface area contributed by atoms with Crippen LogP contribution in [0, 0.1) is 0 Å². The highest BCUT2D eigenvalue weighted by molar-refractivity contribution is 5.77. The van der Waals surface area contributed by atoms with Crippen molar-refractivity contribution in [2.45, 2.75) is 13.1 Å². The lowest BCUT2D eigenvalue weighted by Crippen LogP contribution is -2.43. The smallest absolute Gasteiger partial charge is 0.250 e. The van der Waals surface area contributed by atoms with Crippen molar-refractivity contribution in [2.24, 2.45) is 5.73 Å². The van der Waals surface area contributed by atoms with Crippen molar-refractivity contribution in [1.29, 1.82) is 0 Å². The number of fused-ring (bicyclic) bond motifs is 1. The molecule has 0 atom stereocenters. The molecule has 0 spiro atoms. The number of carbonyl (C=O) groups excluding carboxylic acids is 1. The lowest BCUT2D eigenvalue weighted by atomic mass is 10.1. The molecule has 0 saturated heterocycles. The topological polar surface area (TPSA) is 113 Å². The number of carbonyl (C=O) groups is 1. The van der Waals surface area contributed by atoms with E-state index >= 15 is 0 Å². The first kappa shape index (κ1) is 20.5. The molecule has 0 aliphatic heterocycles. The lowest BCUT2D eigenvalue weighted by Gasteiger charge is -2.21. The van der Waals surface area contributed by atoms with Crippen molar-refractivity contribution in [2.75, 3.05) is 18.9 Å². The van der Waals surface area contributed by atoms with Gasteiger partial charge >= 0.3 is 0 Å². The SMILES string of the molecule is CNN(Cc1cccc(-c2cnc(NCc3ccc4nccn4c3)nc2)c1)C(=O)CN. The van der Waals surface area contributed by atoms with E-state index in [9.17, 15) is 4.79 Å². The lowest BCUT2D eigenvalue weighted by molar-refractivity contribution is -0.133. The third kappa shape index (κ3) is 4.85. The normalized spacial score (nSPS) is 10.9. The van der Waals surface area contributed by atoms with E-state index in [0.717, 1.165) is 27.9 Å². The molecule has 0 unspecified atom stereocenters. The van der Waals surface area contributed by atoms with Crippen LogP contribution in [0.5, 0.6) is 0 Å². The number of benzene rings is 1. The Morgan fingerprint density at radius 3 is 2.71 bits per heavy atom. The second-order valence-electron chi connectivity index (χ2n) is 6.99. The quantitative estimate of drug-likeness (QED) is 0.376. The van der Waals surface area contributed by atoms with Gasteiger partial charge in [-0.25, -0.2) is 20.4 Å². The van der Waals surface area contributed by atoms with Crippen LogP contribution >= 0.6 is 0 Å². The molecule has 0 aliphatic carbocycles. The fourth-order valence-corrected chi connectivity index (χ4v) is 3.25. The first-order valence-corrected chi connectivity index (χ1v) is 9.91. The number of nitrogens with one attached hydrogen (secondary N) is 2. The summed E-state index contributed by atoms with van der Waals surface area (Å²) in [7, 11) is 1.70. The number of nitrogens with two attached hydrogens (primary N) is 1. The third-order valence-electron chi connectivity index (χ3n) is 4.90. The summed E-state index contributed by atoms with van der Waals surface area (Å²) < 4.78 is 1.98. The maximum absolute atomic E-state index is 11.9. The van der Waals surface area contributed by atoms with Gasteiger partial charge in [0.15, 0.2) is 0 Å². The number of aromatic nitrogens is 4. The number of hydrogen-bond donors (Lipinski definition) is 3. The summed E-state index contributed by atoms with van der Waals surface area (Å²) in [5.41, 5.74) is 13.2. The monoisotopic (exact) mass is 416 g/mol. The fourth-order valence-electron chi connectivity index (χ4n) is 3.25. The molecule has 9 heteroatoms. The third-order valence-corrected chi connectivity index (χ3v) is 4.90. The maximum Gasteiger partial charge on any atom is 0.250 e. The van der Waals surface area contributed by atoms with E-state index in [1.54, 1.807) is 25.6 Å². The molecule has 31 heavy (non-hydrogen) atoms. The highest BCUT2D eigenvalue weighted by Crippen LogP contribution is 2.20. The minimum atomic E-state index is -0.168. The molecule has 0 bridgehead atoms. The molecule has 4 N–H and O–H groups in total. The Bertz CT molecular complexity index is 1170. The molecule has 4 rings (SSSR count). The van der Waals surface area contributed by atoms with Gasteiger partial charge in [0.2, 0.25) is 5.95 Å². The van der Waals surface area contributed by atoms with Crippen molar-refractivity contribution in [1.82, 2.24) is 29.8 Å². The van der Waals surface area contributed by atoms with Crippen LogP contribution in [0.15, 0.2) is 67.4 Å². The number of nitrogens with zero attached hydrogens (tertiary/aromatic N) is 5. The van der Waals surface area contributed by atoms with E-state index in [4.69, 9.17) is 5.73 Å². The molecule has 0 radical (unpaired) electrons. The first-order valence-electron chi connectivity index (χ1n) is 9.91. The molecule has 1 aromatic carbocycles. The highest BCUT2D eigenvalue weighted by atomic mass is 16.2. The van der Waals surface area contributed by atoms with Crippen LogP contribution in [0.2, 0.25) is 0 Å². The van der Waals surface area contributed by atoms with E-state index < -0.39 is 0 Å². The van der Waals surface area contributed by atoms with Gasteiger partial charge in [0.25, 0.3) is 5.91 Å². The molecular weight excluding hydrogens is 392 g/mol. The van der Waals surface area contributed by atoms with E-state index in [1.165, 1.54) is 5.01 Å². The van der Waals surface area contributed by atoms with Gasteiger partial charge in [-0.2, -0.15) is 0 Å². The fraction of sp³-hybridized carbons (Fsp3) is 0.182. The number of anilines is 1. The molecule has 3 aromatic heterocycles. The molecule has 158 valence electrons. The van der Waals surface area contributed by atoms with Gasteiger partial charge < -0.3 is 15.5 Å². The van der Waals surface area contributed by atoms with Gasteiger partial charge in [0.1, 0.15) is 5.65 Å². The molecule has 4 aromatic rings. The van der Waals surface area contributed by atoms with Crippen LogP contribution in [-0.4, -0.2) is 43.9 Å². The molecule has 0 saturated carbocycles. The summed E-state index contributed by atoms with van der Waals surface area (Å²) in [4.78, 5) is 25.0. The maximum atomic E-state index is 11.9.